The lowest BCUT2D eigenvalue weighted by Gasteiger charge is -2.29. The third-order valence-corrected chi connectivity index (χ3v) is 18.6. The van der Waals surface area contributed by atoms with Crippen LogP contribution >= 0.6 is 11.3 Å². The Morgan fingerprint density at radius 3 is 1.66 bits per heavy atom. The molecule has 1 nitrogen and oxygen atoms in total. The molecule has 9 aromatic carbocycles. The lowest BCUT2D eigenvalue weighted by atomic mass is 9.83. The van der Waals surface area contributed by atoms with Gasteiger partial charge in [-0.25, -0.2) is 0 Å². The number of hydrogen-bond donors (Lipinski definition) is 0. The lowest BCUT2D eigenvalue weighted by molar-refractivity contribution is 0.981. The van der Waals surface area contributed by atoms with E-state index in [0.717, 1.165) is 6.42 Å². The molecule has 0 fully saturated rings. The molecule has 0 amide bonds. The van der Waals surface area contributed by atoms with Crippen LogP contribution < -0.4 is 15.3 Å². The predicted molar refractivity (Wildman–Crippen MR) is 277 cm³/mol. The second-order valence-corrected chi connectivity index (χ2v) is 30.5. The molecule has 0 spiro atoms. The summed E-state index contributed by atoms with van der Waals surface area (Å²) in [6, 6.07) is 69.4. The first-order valence-corrected chi connectivity index (χ1v) is 29.9. The van der Waals surface area contributed by atoms with Crippen molar-refractivity contribution in [1.29, 1.82) is 0 Å². The number of thiophene rings is 1. The Morgan fingerprint density at radius 2 is 0.984 bits per heavy atom. The summed E-state index contributed by atoms with van der Waals surface area (Å²) < 4.78 is 2.66. The number of para-hydroxylation sites is 1. The fourth-order valence-corrected chi connectivity index (χ4v) is 13.7. The van der Waals surface area contributed by atoms with Crippen LogP contribution in [0.15, 0.2) is 182 Å². The molecule has 0 saturated heterocycles. The zero-order chi connectivity index (χ0) is 42.3. The number of hydrogen-bond acceptors (Lipinski definition) is 2. The molecule has 1 aromatic heterocycles. The summed E-state index contributed by atoms with van der Waals surface area (Å²) in [5.74, 6) is 0.124. The van der Waals surface area contributed by atoms with Crippen molar-refractivity contribution >= 4 is 96.6 Å². The molecule has 0 bridgehead atoms. The Labute approximate surface area is 372 Å². The number of nitrogens with zero attached hydrogens (tertiary/aromatic N) is 1. The number of benzene rings is 9. The minimum Gasteiger partial charge on any atom is -0.308 e. The van der Waals surface area contributed by atoms with E-state index in [0.29, 0.717) is 0 Å². The normalized spacial score (nSPS) is 13.2. The van der Waals surface area contributed by atoms with Gasteiger partial charge in [0.25, 0.3) is 0 Å². The highest BCUT2D eigenvalue weighted by atomic mass is 32.1. The van der Waals surface area contributed by atoms with E-state index >= 15 is 0 Å². The summed E-state index contributed by atoms with van der Waals surface area (Å²) in [6.07, 6.45) is 0.885. The molecule has 0 N–H and O–H groups in total. The summed E-state index contributed by atoms with van der Waals surface area (Å²) in [5, 5.41) is 11.0. The summed E-state index contributed by atoms with van der Waals surface area (Å²) in [6.45, 7) is 14.6. The molecule has 4 heteroatoms. The molecule has 1 aliphatic carbocycles. The van der Waals surface area contributed by atoms with Crippen molar-refractivity contribution in [2.24, 2.45) is 0 Å². The van der Waals surface area contributed by atoms with Crippen molar-refractivity contribution in [2.75, 3.05) is 4.90 Å². The number of fused-ring (bicyclic) bond motifs is 11. The van der Waals surface area contributed by atoms with Crippen LogP contribution in [0.2, 0.25) is 39.3 Å². The first kappa shape index (κ1) is 38.8. The van der Waals surface area contributed by atoms with E-state index in [-0.39, 0.29) is 5.92 Å². The van der Waals surface area contributed by atoms with Gasteiger partial charge >= 0.3 is 0 Å². The van der Waals surface area contributed by atoms with Gasteiger partial charge in [-0.15, -0.1) is 11.3 Å². The molecular weight excluding hydrogens is 799 g/mol. The van der Waals surface area contributed by atoms with Crippen LogP contribution in [0.3, 0.4) is 0 Å². The molecule has 302 valence electrons. The Kier molecular flexibility index (Phi) is 9.27. The SMILES string of the molecule is C[Si](C)(C)c1ccc(C(c2ccccc2)c2ccc3c4c(c5ccccc5c3c2)-c2c(cc3c(sc5ccccc53)c2N(c2ccccc2)c2ccc([Si](C)(C)C)cc2)C4)cc1. The molecule has 0 aliphatic heterocycles. The Bertz CT molecular complexity index is 3320. The van der Waals surface area contributed by atoms with Crippen molar-refractivity contribution < 1.29 is 0 Å². The van der Waals surface area contributed by atoms with Crippen LogP contribution in [0, 0.1) is 0 Å². The van der Waals surface area contributed by atoms with E-state index in [1.165, 1.54) is 108 Å². The minimum absolute atomic E-state index is 0.124. The summed E-state index contributed by atoms with van der Waals surface area (Å²) in [4.78, 5) is 2.57. The second-order valence-electron chi connectivity index (χ2n) is 19.3. The predicted octanol–water partition coefficient (Wildman–Crippen LogP) is 15.7. The van der Waals surface area contributed by atoms with E-state index in [2.05, 4.69) is 226 Å². The van der Waals surface area contributed by atoms with Crippen molar-refractivity contribution in [2.45, 2.75) is 51.6 Å². The summed E-state index contributed by atoms with van der Waals surface area (Å²) in [5.41, 5.74) is 13.2. The van der Waals surface area contributed by atoms with Gasteiger partial charge in [-0.05, 0) is 104 Å². The van der Waals surface area contributed by atoms with E-state index < -0.39 is 16.1 Å². The maximum absolute atomic E-state index is 2.57. The van der Waals surface area contributed by atoms with Gasteiger partial charge in [0.2, 0.25) is 0 Å². The second kappa shape index (κ2) is 14.8. The fraction of sp³-hybridized carbons (Fsp3) is 0.138. The van der Waals surface area contributed by atoms with Crippen LogP contribution in [-0.2, 0) is 6.42 Å². The first-order chi connectivity index (χ1) is 30.0. The highest BCUT2D eigenvalue weighted by Crippen LogP contribution is 2.57. The molecule has 1 aliphatic rings. The molecule has 62 heavy (non-hydrogen) atoms. The molecule has 0 radical (unpaired) electrons. The van der Waals surface area contributed by atoms with E-state index in [4.69, 9.17) is 0 Å². The summed E-state index contributed by atoms with van der Waals surface area (Å²) in [7, 11) is -2.95. The zero-order valence-electron chi connectivity index (χ0n) is 36.5. The van der Waals surface area contributed by atoms with Gasteiger partial charge in [-0.1, -0.05) is 189 Å². The van der Waals surface area contributed by atoms with Crippen LogP contribution in [0.4, 0.5) is 17.1 Å². The average Bonchev–Trinajstić information content (AvgIpc) is 3.86. The maximum atomic E-state index is 2.57. The largest absolute Gasteiger partial charge is 0.308 e. The average molecular weight is 850 g/mol. The lowest BCUT2D eigenvalue weighted by Crippen LogP contribution is -2.37. The highest BCUT2D eigenvalue weighted by Gasteiger charge is 2.33. The molecule has 11 rings (SSSR count). The first-order valence-electron chi connectivity index (χ1n) is 22.1. The van der Waals surface area contributed by atoms with E-state index in [9.17, 15) is 0 Å². The number of rotatable bonds is 8. The van der Waals surface area contributed by atoms with Crippen molar-refractivity contribution in [1.82, 2.24) is 0 Å². The van der Waals surface area contributed by atoms with Gasteiger partial charge in [0.05, 0.1) is 26.5 Å². The van der Waals surface area contributed by atoms with E-state index in [1.54, 1.807) is 0 Å². The quantitative estimate of drug-likeness (QED) is 0.0836. The summed E-state index contributed by atoms with van der Waals surface area (Å²) >= 11 is 1.93. The van der Waals surface area contributed by atoms with Crippen LogP contribution in [0.25, 0.3) is 52.8 Å². The van der Waals surface area contributed by atoms with Gasteiger partial charge in [0, 0.05) is 38.3 Å². The van der Waals surface area contributed by atoms with Crippen molar-refractivity contribution in [3.05, 3.63) is 210 Å². The molecule has 1 atom stereocenters. The topological polar surface area (TPSA) is 3.24 Å². The van der Waals surface area contributed by atoms with Crippen molar-refractivity contribution in [3.8, 4) is 11.1 Å². The Hall–Kier alpha value is -6.05. The van der Waals surface area contributed by atoms with Gasteiger partial charge in [-0.2, -0.15) is 0 Å². The molecular formula is C58H51NSSi2. The van der Waals surface area contributed by atoms with Gasteiger partial charge in [0.1, 0.15) is 0 Å². The van der Waals surface area contributed by atoms with Gasteiger partial charge in [0.15, 0.2) is 0 Å². The molecule has 1 heterocycles. The van der Waals surface area contributed by atoms with Gasteiger partial charge < -0.3 is 4.90 Å². The monoisotopic (exact) mass is 849 g/mol. The third-order valence-electron chi connectivity index (χ3n) is 13.3. The Balaban J connectivity index is 1.18. The Morgan fingerprint density at radius 1 is 0.435 bits per heavy atom. The fourth-order valence-electron chi connectivity index (χ4n) is 10.1. The smallest absolute Gasteiger partial charge is 0.0775 e. The van der Waals surface area contributed by atoms with Gasteiger partial charge in [-0.3, -0.25) is 0 Å². The molecule has 0 saturated carbocycles. The standard InChI is InChI=1S/C58H51NSSi2/c1-61(2,3)44-30-25-39(26-31-44)54(38-17-9-7-10-18-38)40-27-34-47-50(35-40)46-21-13-14-23-49(46)56-51(47)36-41-37-52-48-22-15-16-24-53(48)60-58(52)57(55(41)56)59(42-19-11-8-12-20-42)43-28-32-45(33-29-43)62(4,5)6/h7-35,37,54H,36H2,1-6H3. The third kappa shape index (κ3) is 6.47. The van der Waals surface area contributed by atoms with Crippen LogP contribution in [0.5, 0.6) is 0 Å². The van der Waals surface area contributed by atoms with Crippen LogP contribution in [0.1, 0.15) is 33.7 Å². The molecule has 10 aromatic rings. The minimum atomic E-state index is -1.51. The van der Waals surface area contributed by atoms with Crippen molar-refractivity contribution in [3.63, 3.8) is 0 Å². The highest BCUT2D eigenvalue weighted by molar-refractivity contribution is 7.26. The zero-order valence-corrected chi connectivity index (χ0v) is 39.3. The van der Waals surface area contributed by atoms with Crippen LogP contribution in [-0.4, -0.2) is 16.1 Å². The molecule has 1 unspecified atom stereocenters. The maximum Gasteiger partial charge on any atom is 0.0775 e. The number of anilines is 3. The van der Waals surface area contributed by atoms with E-state index in [1.807, 2.05) is 11.3 Å².